The number of amides is 2. The molecule has 4 rings (SSSR count). The largest absolute Gasteiger partial charge is 0.459 e. The zero-order valence-electron chi connectivity index (χ0n) is 17.1. The van der Waals surface area contributed by atoms with Crippen molar-refractivity contribution in [3.63, 3.8) is 0 Å². The molecule has 0 bridgehead atoms. The van der Waals surface area contributed by atoms with E-state index in [0.717, 1.165) is 11.1 Å². The van der Waals surface area contributed by atoms with Crippen molar-refractivity contribution in [2.24, 2.45) is 0 Å². The van der Waals surface area contributed by atoms with Gasteiger partial charge in [0.2, 0.25) is 11.8 Å². The van der Waals surface area contributed by atoms with E-state index < -0.39 is 22.8 Å². The second-order valence-corrected chi connectivity index (χ2v) is 10.1. The van der Waals surface area contributed by atoms with Gasteiger partial charge in [0.25, 0.3) is 0 Å². The van der Waals surface area contributed by atoms with Crippen LogP contribution in [0.2, 0.25) is 0 Å². The zero-order chi connectivity index (χ0) is 22.7. The van der Waals surface area contributed by atoms with Crippen LogP contribution in [0.3, 0.4) is 0 Å². The summed E-state index contributed by atoms with van der Waals surface area (Å²) in [6, 6.07) is 17.2. The minimum atomic E-state index is -0.826. The molecule has 2 aliphatic heterocycles. The van der Waals surface area contributed by atoms with Crippen molar-refractivity contribution in [2.45, 2.75) is 35.2 Å². The maximum Gasteiger partial charge on any atom is 0.330 e. The first-order chi connectivity index (χ1) is 15.5. The zero-order valence-corrected chi connectivity index (χ0v) is 20.2. The summed E-state index contributed by atoms with van der Waals surface area (Å²) in [6.07, 6.45) is 0.184. The Balaban J connectivity index is 1.45. The SMILES string of the molecule is O=C(Cc1ccccc1)NC1C(=O)N2C(C(=O)OCc3ccccc3)C(CCl)(CBr)S[C@@H]12. The van der Waals surface area contributed by atoms with Crippen LogP contribution in [-0.2, 0) is 32.1 Å². The molecule has 4 atom stereocenters. The first-order valence-electron chi connectivity index (χ1n) is 10.1. The number of carbonyl (C=O) groups excluding carboxylic acids is 3. The Morgan fingerprint density at radius 1 is 1.09 bits per heavy atom. The summed E-state index contributed by atoms with van der Waals surface area (Å²) in [4.78, 5) is 40.0. The smallest absolute Gasteiger partial charge is 0.330 e. The fourth-order valence-electron chi connectivity index (χ4n) is 3.96. The number of nitrogens with one attached hydrogen (secondary N) is 1. The molecule has 2 aliphatic rings. The summed E-state index contributed by atoms with van der Waals surface area (Å²) < 4.78 is 4.81. The number of thioether (sulfide) groups is 1. The predicted molar refractivity (Wildman–Crippen MR) is 128 cm³/mol. The van der Waals surface area contributed by atoms with E-state index in [1.807, 2.05) is 60.7 Å². The molecule has 168 valence electrons. The van der Waals surface area contributed by atoms with Crippen LogP contribution >= 0.6 is 39.3 Å². The predicted octanol–water partition coefficient (Wildman–Crippen LogP) is 3.11. The van der Waals surface area contributed by atoms with Crippen LogP contribution in [-0.4, -0.2) is 56.1 Å². The average molecular weight is 538 g/mol. The number of nitrogens with zero attached hydrogens (tertiary/aromatic N) is 1. The number of carbonyl (C=O) groups is 3. The molecule has 0 aromatic heterocycles. The molecular formula is C23H22BrClN2O4S. The Bertz CT molecular complexity index is 990. The van der Waals surface area contributed by atoms with Gasteiger partial charge in [-0.05, 0) is 11.1 Å². The van der Waals surface area contributed by atoms with Crippen LogP contribution in [0.4, 0.5) is 0 Å². The minimum absolute atomic E-state index is 0.116. The van der Waals surface area contributed by atoms with Crippen LogP contribution in [0.25, 0.3) is 0 Å². The Morgan fingerprint density at radius 2 is 1.72 bits per heavy atom. The third-order valence-electron chi connectivity index (χ3n) is 5.64. The lowest BCUT2D eigenvalue weighted by atomic mass is 9.95. The van der Waals surface area contributed by atoms with Crippen molar-refractivity contribution in [1.29, 1.82) is 0 Å². The number of β-lactam (4-membered cyclic amide) rings is 1. The number of ether oxygens (including phenoxy) is 1. The standard InChI is InChI=1S/C23H22BrClN2O4S/c24-13-23(14-25)19(22(30)31-12-16-9-5-2-6-10-16)27-20(29)18(21(27)32-23)26-17(28)11-15-7-3-1-4-8-15/h1-10,18-19,21H,11-14H2,(H,26,28)/t18?,19?,21-,23?/m0/s1. The number of hydrogen-bond acceptors (Lipinski definition) is 5. The van der Waals surface area contributed by atoms with Crippen molar-refractivity contribution in [3.05, 3.63) is 71.8 Å². The highest BCUT2D eigenvalue weighted by molar-refractivity contribution is 9.09. The van der Waals surface area contributed by atoms with E-state index in [-0.39, 0.29) is 36.1 Å². The molecular weight excluding hydrogens is 516 g/mol. The topological polar surface area (TPSA) is 75.7 Å². The van der Waals surface area contributed by atoms with Gasteiger partial charge in [-0.3, -0.25) is 9.59 Å². The number of hydrogen-bond donors (Lipinski definition) is 1. The number of halogens is 2. The van der Waals surface area contributed by atoms with Gasteiger partial charge in [0.1, 0.15) is 24.1 Å². The molecule has 2 saturated heterocycles. The van der Waals surface area contributed by atoms with Gasteiger partial charge in [-0.15, -0.1) is 23.4 Å². The van der Waals surface area contributed by atoms with Crippen molar-refractivity contribution < 1.29 is 19.1 Å². The van der Waals surface area contributed by atoms with Crippen molar-refractivity contribution in [2.75, 3.05) is 11.2 Å². The second-order valence-electron chi connectivity index (χ2n) is 7.79. The number of benzene rings is 2. The molecule has 6 nitrogen and oxygen atoms in total. The third kappa shape index (κ3) is 4.40. The quantitative estimate of drug-likeness (QED) is 0.318. The highest BCUT2D eigenvalue weighted by Gasteiger charge is 2.67. The lowest BCUT2D eigenvalue weighted by Gasteiger charge is -2.44. The van der Waals surface area contributed by atoms with Gasteiger partial charge in [0, 0.05) is 11.2 Å². The highest BCUT2D eigenvalue weighted by Crippen LogP contribution is 2.52. The molecule has 2 amide bonds. The molecule has 3 unspecified atom stereocenters. The molecule has 2 aromatic carbocycles. The molecule has 9 heteroatoms. The molecule has 0 spiro atoms. The van der Waals surface area contributed by atoms with Gasteiger partial charge in [-0.1, -0.05) is 76.6 Å². The van der Waals surface area contributed by atoms with Crippen LogP contribution in [0, 0.1) is 0 Å². The number of alkyl halides is 2. The van der Waals surface area contributed by atoms with E-state index in [2.05, 4.69) is 21.2 Å². The van der Waals surface area contributed by atoms with Gasteiger partial charge in [-0.2, -0.15) is 0 Å². The van der Waals surface area contributed by atoms with E-state index >= 15 is 0 Å². The summed E-state index contributed by atoms with van der Waals surface area (Å²) in [6.45, 7) is 0.116. The lowest BCUT2D eigenvalue weighted by molar-refractivity contribution is -0.165. The maximum atomic E-state index is 13.1. The van der Waals surface area contributed by atoms with E-state index in [1.165, 1.54) is 16.7 Å². The molecule has 2 fully saturated rings. The van der Waals surface area contributed by atoms with Gasteiger partial charge in [-0.25, -0.2) is 4.79 Å². The van der Waals surface area contributed by atoms with Crippen LogP contribution in [0.5, 0.6) is 0 Å². The first kappa shape index (κ1) is 23.1. The number of esters is 1. The fraction of sp³-hybridized carbons (Fsp3) is 0.348. The molecule has 1 N–H and O–H groups in total. The Morgan fingerprint density at radius 3 is 2.31 bits per heavy atom. The van der Waals surface area contributed by atoms with Gasteiger partial charge < -0.3 is 15.0 Å². The van der Waals surface area contributed by atoms with Crippen molar-refractivity contribution in [3.8, 4) is 0 Å². The Kier molecular flexibility index (Phi) is 7.12. The summed E-state index contributed by atoms with van der Waals surface area (Å²) in [5.74, 6) is -0.871. The fourth-order valence-corrected chi connectivity index (χ4v) is 7.13. The van der Waals surface area contributed by atoms with E-state index in [1.54, 1.807) is 0 Å². The lowest BCUT2D eigenvalue weighted by Crippen LogP contribution is -2.71. The van der Waals surface area contributed by atoms with E-state index in [9.17, 15) is 14.4 Å². The number of rotatable bonds is 8. The van der Waals surface area contributed by atoms with Gasteiger partial charge in [0.15, 0.2) is 0 Å². The van der Waals surface area contributed by atoms with Gasteiger partial charge in [0.05, 0.1) is 11.2 Å². The third-order valence-corrected chi connectivity index (χ3v) is 9.36. The Hall–Kier alpha value is -2.03. The summed E-state index contributed by atoms with van der Waals surface area (Å²) in [7, 11) is 0. The maximum absolute atomic E-state index is 13.1. The first-order valence-corrected chi connectivity index (χ1v) is 12.7. The number of fused-ring (bicyclic) bond motifs is 1. The van der Waals surface area contributed by atoms with Crippen LogP contribution < -0.4 is 5.32 Å². The van der Waals surface area contributed by atoms with Crippen LogP contribution in [0.1, 0.15) is 11.1 Å². The monoisotopic (exact) mass is 536 g/mol. The van der Waals surface area contributed by atoms with Gasteiger partial charge >= 0.3 is 5.97 Å². The van der Waals surface area contributed by atoms with Crippen molar-refractivity contribution >= 4 is 57.1 Å². The molecule has 2 aromatic rings. The minimum Gasteiger partial charge on any atom is -0.459 e. The molecule has 32 heavy (non-hydrogen) atoms. The molecule has 2 heterocycles. The summed E-state index contributed by atoms with van der Waals surface area (Å²) >= 11 is 11.2. The van der Waals surface area contributed by atoms with E-state index in [0.29, 0.717) is 5.33 Å². The normalized spacial score (nSPS) is 26.2. The summed E-state index contributed by atoms with van der Waals surface area (Å²) in [5.41, 5.74) is 1.73. The van der Waals surface area contributed by atoms with Crippen LogP contribution in [0.15, 0.2) is 60.7 Å². The molecule has 0 aliphatic carbocycles. The van der Waals surface area contributed by atoms with E-state index in [4.69, 9.17) is 16.3 Å². The van der Waals surface area contributed by atoms with Crippen molar-refractivity contribution in [1.82, 2.24) is 10.2 Å². The molecule has 0 saturated carbocycles. The highest BCUT2D eigenvalue weighted by atomic mass is 79.9. The second kappa shape index (κ2) is 9.85. The Labute approximate surface area is 204 Å². The molecule has 0 radical (unpaired) electrons. The average Bonchev–Trinajstić information content (AvgIpc) is 3.14. The summed E-state index contributed by atoms with van der Waals surface area (Å²) in [5, 5.41) is 2.87.